The maximum absolute atomic E-state index is 11.4. The molecule has 2 saturated heterocycles. The second kappa shape index (κ2) is 19.9. The Bertz CT molecular complexity index is 1190. The molecule has 272 valence electrons. The third-order valence-electron chi connectivity index (χ3n) is 6.12. The first kappa shape index (κ1) is 42.2. The number of ether oxygens (including phenoxy) is 10. The van der Waals surface area contributed by atoms with E-state index < -0.39 is 108 Å². The molecule has 0 aliphatic carbocycles. The summed E-state index contributed by atoms with van der Waals surface area (Å²) in [7, 11) is 0. The van der Waals surface area contributed by atoms with E-state index in [1.54, 1.807) is 6.92 Å². The Kier molecular flexibility index (Phi) is 17.4. The monoisotopic (exact) mass is 756 g/mol. The molecule has 0 aromatic carbocycles. The molecule has 0 aromatic rings. The second-order valence-corrected chi connectivity index (χ2v) is 11.2. The van der Waals surface area contributed by atoms with E-state index in [-0.39, 0.29) is 6.61 Å². The van der Waals surface area contributed by atoms with E-state index >= 15 is 0 Å². The highest BCUT2D eigenvalue weighted by molar-refractivity contribution is 9.09. The van der Waals surface area contributed by atoms with Gasteiger partial charge in [0.15, 0.2) is 35.5 Å². The smallest absolute Gasteiger partial charge is 0.305 e. The van der Waals surface area contributed by atoms with Gasteiger partial charge in [-0.15, -0.1) is 0 Å². The summed E-state index contributed by atoms with van der Waals surface area (Å²) in [5.74, 6) is -5.18. The first-order chi connectivity index (χ1) is 22.3. The molecule has 2 fully saturated rings. The Morgan fingerprint density at radius 1 is 0.458 bits per heavy atom. The van der Waals surface area contributed by atoms with E-state index in [1.807, 2.05) is 0 Å². The fourth-order valence-corrected chi connectivity index (χ4v) is 5.30. The first-order valence-electron chi connectivity index (χ1n) is 14.6. The molecule has 2 rings (SSSR count). The van der Waals surface area contributed by atoms with Gasteiger partial charge in [0.1, 0.15) is 18.8 Å². The largest absolute Gasteiger partial charge is 0.463 e. The Hall–Kier alpha value is -3.84. The number of esters is 8. The molecule has 2 aliphatic rings. The minimum absolute atomic E-state index is 0.236. The molecule has 19 heteroatoms. The van der Waals surface area contributed by atoms with Crippen LogP contribution in [0, 0.1) is 0 Å². The molecule has 48 heavy (non-hydrogen) atoms. The molecule has 10 atom stereocenters. The lowest BCUT2D eigenvalue weighted by Crippen LogP contribution is -2.61. The SMILES string of the molecule is CC(=O)OCC1OC(Br)C(OC(C)=O)C(OC(C)=O)C1OC(C)=O.CCC1OC(OC(C)=O)C(OC(C)=O)C(OC(C)=O)C1OC(C)=O. The number of hydrogen-bond acceptors (Lipinski definition) is 18. The molecular weight excluding hydrogens is 716 g/mol. The van der Waals surface area contributed by atoms with Gasteiger partial charge >= 0.3 is 47.8 Å². The van der Waals surface area contributed by atoms with Crippen LogP contribution < -0.4 is 0 Å². The normalized spacial score (nSPS) is 29.3. The maximum Gasteiger partial charge on any atom is 0.305 e. The molecular formula is C29H41BrO18. The van der Waals surface area contributed by atoms with Crippen LogP contribution in [0.1, 0.15) is 68.7 Å². The molecule has 0 bridgehead atoms. The predicted molar refractivity (Wildman–Crippen MR) is 158 cm³/mol. The average Bonchev–Trinajstić information content (AvgIpc) is 2.93. The van der Waals surface area contributed by atoms with Crippen LogP contribution in [0.25, 0.3) is 0 Å². The van der Waals surface area contributed by atoms with Crippen molar-refractivity contribution in [3.05, 3.63) is 0 Å². The third kappa shape index (κ3) is 14.1. The van der Waals surface area contributed by atoms with E-state index in [1.165, 1.54) is 20.8 Å². The number of halogens is 1. The van der Waals surface area contributed by atoms with Crippen LogP contribution in [0.4, 0.5) is 0 Å². The number of carbonyl (C=O) groups is 8. The quantitative estimate of drug-likeness (QED) is 0.172. The van der Waals surface area contributed by atoms with Crippen molar-refractivity contribution in [1.29, 1.82) is 0 Å². The van der Waals surface area contributed by atoms with Gasteiger partial charge in [-0.1, -0.05) is 22.9 Å². The van der Waals surface area contributed by atoms with E-state index in [0.29, 0.717) is 6.42 Å². The number of carbonyl (C=O) groups excluding carboxylic acids is 8. The molecule has 0 saturated carbocycles. The summed E-state index contributed by atoms with van der Waals surface area (Å²) in [6.45, 7) is 10.9. The van der Waals surface area contributed by atoms with Crippen LogP contribution in [0.15, 0.2) is 0 Å². The van der Waals surface area contributed by atoms with Gasteiger partial charge < -0.3 is 47.4 Å². The van der Waals surface area contributed by atoms with E-state index in [9.17, 15) is 38.4 Å². The number of alkyl halides is 1. The van der Waals surface area contributed by atoms with Crippen LogP contribution in [-0.4, -0.2) is 114 Å². The first-order valence-corrected chi connectivity index (χ1v) is 15.5. The fraction of sp³-hybridized carbons (Fsp3) is 0.724. The van der Waals surface area contributed by atoms with Gasteiger partial charge in [-0.25, -0.2) is 0 Å². The lowest BCUT2D eigenvalue weighted by molar-refractivity contribution is -0.296. The predicted octanol–water partition coefficient (Wildman–Crippen LogP) is 0.944. The van der Waals surface area contributed by atoms with Crippen molar-refractivity contribution in [3.8, 4) is 0 Å². The van der Waals surface area contributed by atoms with Gasteiger partial charge in [-0.2, -0.15) is 0 Å². The van der Waals surface area contributed by atoms with Crippen molar-refractivity contribution in [2.45, 2.75) is 129 Å². The molecule has 10 unspecified atom stereocenters. The van der Waals surface area contributed by atoms with Crippen LogP contribution in [0.2, 0.25) is 0 Å². The number of hydrogen-bond donors (Lipinski definition) is 0. The van der Waals surface area contributed by atoms with Crippen molar-refractivity contribution in [3.63, 3.8) is 0 Å². The highest BCUT2D eigenvalue weighted by Crippen LogP contribution is 2.32. The summed E-state index contributed by atoms with van der Waals surface area (Å²) >= 11 is 3.18. The van der Waals surface area contributed by atoms with Gasteiger partial charge in [0.2, 0.25) is 12.4 Å². The third-order valence-corrected chi connectivity index (χ3v) is 6.85. The Balaban J connectivity index is 0.000000480. The summed E-state index contributed by atoms with van der Waals surface area (Å²) < 4.78 is 52.1. The van der Waals surface area contributed by atoms with Crippen LogP contribution in [0.5, 0.6) is 0 Å². The van der Waals surface area contributed by atoms with Gasteiger partial charge in [0.25, 0.3) is 0 Å². The highest BCUT2D eigenvalue weighted by Gasteiger charge is 2.53. The lowest BCUT2D eigenvalue weighted by atomic mass is 9.96. The molecule has 0 spiro atoms. The van der Waals surface area contributed by atoms with Gasteiger partial charge in [-0.05, 0) is 6.42 Å². The van der Waals surface area contributed by atoms with Crippen molar-refractivity contribution in [2.75, 3.05) is 6.61 Å². The van der Waals surface area contributed by atoms with Crippen molar-refractivity contribution >= 4 is 63.7 Å². The second-order valence-electron chi connectivity index (χ2n) is 10.3. The summed E-state index contributed by atoms with van der Waals surface area (Å²) in [6.07, 6.45) is -9.28. The van der Waals surface area contributed by atoms with Crippen molar-refractivity contribution in [2.24, 2.45) is 0 Å². The van der Waals surface area contributed by atoms with Crippen LogP contribution >= 0.6 is 15.9 Å². The highest BCUT2D eigenvalue weighted by atomic mass is 79.9. The lowest BCUT2D eigenvalue weighted by Gasteiger charge is -2.43. The van der Waals surface area contributed by atoms with Crippen molar-refractivity contribution < 1.29 is 85.7 Å². The molecule has 2 heterocycles. The summed E-state index contributed by atoms with van der Waals surface area (Å²) in [5.41, 5.74) is 0. The summed E-state index contributed by atoms with van der Waals surface area (Å²) in [6, 6.07) is 0. The standard InChI is InChI=1S/C15H22O9.C14H19BrO9/c1-6-11-12(20-7(2)16)13(21-8(3)17)14(22-9(4)18)15(24-11)23-10(5)19;1-6(16)20-5-10-11(21-7(2)17)12(22-8(3)18)13(14(15)24-10)23-9(4)19/h11-15H,6H2,1-5H3;10-14H,5H2,1-4H3. The summed E-state index contributed by atoms with van der Waals surface area (Å²) in [4.78, 5) is 90.6. The maximum atomic E-state index is 11.4. The summed E-state index contributed by atoms with van der Waals surface area (Å²) in [5, 5.41) is -0.863. The topological polar surface area (TPSA) is 229 Å². The molecule has 0 N–H and O–H groups in total. The minimum atomic E-state index is -1.28. The van der Waals surface area contributed by atoms with Crippen molar-refractivity contribution in [1.82, 2.24) is 0 Å². The molecule has 18 nitrogen and oxygen atoms in total. The number of rotatable bonds is 10. The van der Waals surface area contributed by atoms with Gasteiger partial charge in [0.05, 0.1) is 0 Å². The molecule has 0 aromatic heterocycles. The van der Waals surface area contributed by atoms with Crippen LogP contribution in [-0.2, 0) is 85.7 Å². The van der Waals surface area contributed by atoms with Gasteiger partial charge in [-0.3, -0.25) is 38.4 Å². The fourth-order valence-electron chi connectivity index (χ4n) is 4.62. The minimum Gasteiger partial charge on any atom is -0.463 e. The zero-order chi connectivity index (χ0) is 36.9. The molecule has 0 amide bonds. The molecule has 2 aliphatic heterocycles. The Morgan fingerprint density at radius 3 is 1.21 bits per heavy atom. The van der Waals surface area contributed by atoms with E-state index in [0.717, 1.165) is 34.6 Å². The Labute approximate surface area is 284 Å². The zero-order valence-corrected chi connectivity index (χ0v) is 29.5. The zero-order valence-electron chi connectivity index (χ0n) is 27.9. The molecule has 0 radical (unpaired) electrons. The average molecular weight is 758 g/mol. The van der Waals surface area contributed by atoms with E-state index in [2.05, 4.69) is 15.9 Å². The van der Waals surface area contributed by atoms with Crippen LogP contribution in [0.3, 0.4) is 0 Å². The van der Waals surface area contributed by atoms with Gasteiger partial charge in [0, 0.05) is 55.4 Å². The van der Waals surface area contributed by atoms with E-state index in [4.69, 9.17) is 47.4 Å². The Morgan fingerprint density at radius 2 is 0.812 bits per heavy atom.